The molecule has 2 amide bonds. The van der Waals surface area contributed by atoms with E-state index in [0.717, 1.165) is 0 Å². The molecule has 9 heteroatoms. The second kappa shape index (κ2) is 9.66. The highest BCUT2D eigenvalue weighted by Gasteiger charge is 2.14. The molecule has 3 N–H and O–H groups in total. The number of carboxylic acid groups (broad SMARTS) is 1. The molecular formula is C15H18BrN3O5. The Morgan fingerprint density at radius 1 is 1.38 bits per heavy atom. The average molecular weight is 400 g/mol. The zero-order chi connectivity index (χ0) is 18.1. The van der Waals surface area contributed by atoms with Crippen molar-refractivity contribution in [2.24, 2.45) is 5.10 Å². The fourth-order valence-electron chi connectivity index (χ4n) is 1.49. The SMILES string of the molecule is CC[C@H](C)NC(=O)C(=O)N/N=C\c1cc(Br)ccc1OCC(=O)O. The molecular weight excluding hydrogens is 382 g/mol. The highest BCUT2D eigenvalue weighted by molar-refractivity contribution is 9.10. The first-order valence-electron chi connectivity index (χ1n) is 7.11. The van der Waals surface area contributed by atoms with Crippen LogP contribution in [0.15, 0.2) is 27.8 Å². The molecule has 0 spiro atoms. The predicted octanol–water partition coefficient (Wildman–Crippen LogP) is 1.28. The molecule has 0 aliphatic heterocycles. The number of aliphatic carboxylic acids is 1. The zero-order valence-corrected chi connectivity index (χ0v) is 14.8. The molecule has 1 aromatic carbocycles. The number of rotatable bonds is 7. The van der Waals surface area contributed by atoms with Crippen LogP contribution in [0.2, 0.25) is 0 Å². The molecule has 0 heterocycles. The maximum Gasteiger partial charge on any atom is 0.341 e. The van der Waals surface area contributed by atoms with Crippen molar-refractivity contribution in [1.29, 1.82) is 0 Å². The molecule has 130 valence electrons. The van der Waals surface area contributed by atoms with Crippen molar-refractivity contribution in [2.45, 2.75) is 26.3 Å². The summed E-state index contributed by atoms with van der Waals surface area (Å²) < 4.78 is 5.84. The van der Waals surface area contributed by atoms with Crippen LogP contribution in [0.5, 0.6) is 5.75 Å². The summed E-state index contributed by atoms with van der Waals surface area (Å²) in [4.78, 5) is 33.7. The van der Waals surface area contributed by atoms with Gasteiger partial charge >= 0.3 is 17.8 Å². The van der Waals surface area contributed by atoms with Gasteiger partial charge in [0.25, 0.3) is 0 Å². The van der Waals surface area contributed by atoms with E-state index in [2.05, 4.69) is 31.8 Å². The van der Waals surface area contributed by atoms with Gasteiger partial charge in [0.2, 0.25) is 0 Å². The molecule has 0 unspecified atom stereocenters. The van der Waals surface area contributed by atoms with E-state index < -0.39 is 24.4 Å². The van der Waals surface area contributed by atoms with Crippen molar-refractivity contribution in [2.75, 3.05) is 6.61 Å². The van der Waals surface area contributed by atoms with Crippen molar-refractivity contribution >= 4 is 39.9 Å². The summed E-state index contributed by atoms with van der Waals surface area (Å²) in [5.41, 5.74) is 2.54. The Morgan fingerprint density at radius 2 is 2.08 bits per heavy atom. The minimum Gasteiger partial charge on any atom is -0.481 e. The summed E-state index contributed by atoms with van der Waals surface area (Å²) >= 11 is 3.27. The average Bonchev–Trinajstić information content (AvgIpc) is 2.53. The van der Waals surface area contributed by atoms with E-state index >= 15 is 0 Å². The van der Waals surface area contributed by atoms with Gasteiger partial charge in [0, 0.05) is 16.1 Å². The van der Waals surface area contributed by atoms with Crippen LogP contribution in [-0.2, 0) is 14.4 Å². The van der Waals surface area contributed by atoms with Crippen LogP contribution in [0.1, 0.15) is 25.8 Å². The monoisotopic (exact) mass is 399 g/mol. The van der Waals surface area contributed by atoms with Gasteiger partial charge in [-0.25, -0.2) is 10.2 Å². The lowest BCUT2D eigenvalue weighted by molar-refractivity contribution is -0.139. The lowest BCUT2D eigenvalue weighted by Crippen LogP contribution is -2.41. The Balaban J connectivity index is 2.72. The van der Waals surface area contributed by atoms with Gasteiger partial charge < -0.3 is 15.2 Å². The smallest absolute Gasteiger partial charge is 0.341 e. The number of carbonyl (C=O) groups excluding carboxylic acids is 2. The minimum atomic E-state index is -1.11. The summed E-state index contributed by atoms with van der Waals surface area (Å²) in [6, 6.07) is 4.75. The molecule has 0 fully saturated rings. The van der Waals surface area contributed by atoms with Gasteiger partial charge in [0.05, 0.1) is 6.21 Å². The Kier molecular flexibility index (Phi) is 7.90. The number of hydrazone groups is 1. The van der Waals surface area contributed by atoms with Gasteiger partial charge in [-0.1, -0.05) is 22.9 Å². The van der Waals surface area contributed by atoms with Gasteiger partial charge in [-0.15, -0.1) is 0 Å². The predicted molar refractivity (Wildman–Crippen MR) is 90.9 cm³/mol. The van der Waals surface area contributed by atoms with Crippen LogP contribution in [0.3, 0.4) is 0 Å². The molecule has 0 saturated heterocycles. The zero-order valence-electron chi connectivity index (χ0n) is 13.2. The number of nitrogens with one attached hydrogen (secondary N) is 2. The number of carbonyl (C=O) groups is 3. The van der Waals surface area contributed by atoms with Crippen LogP contribution in [-0.4, -0.2) is 41.8 Å². The highest BCUT2D eigenvalue weighted by atomic mass is 79.9. The number of amides is 2. The Hall–Kier alpha value is -2.42. The van der Waals surface area contributed by atoms with E-state index in [0.29, 0.717) is 16.5 Å². The molecule has 0 aliphatic carbocycles. The Labute approximate surface area is 147 Å². The van der Waals surface area contributed by atoms with E-state index in [1.54, 1.807) is 25.1 Å². The molecule has 1 aromatic rings. The third kappa shape index (κ3) is 6.78. The fraction of sp³-hybridized carbons (Fsp3) is 0.333. The molecule has 24 heavy (non-hydrogen) atoms. The highest BCUT2D eigenvalue weighted by Crippen LogP contribution is 2.21. The Bertz CT molecular complexity index is 648. The second-order valence-corrected chi connectivity index (χ2v) is 5.76. The lowest BCUT2D eigenvalue weighted by Gasteiger charge is -2.10. The first-order chi connectivity index (χ1) is 11.3. The summed E-state index contributed by atoms with van der Waals surface area (Å²) in [5.74, 6) is -2.51. The number of halogens is 1. The summed E-state index contributed by atoms with van der Waals surface area (Å²) in [6.45, 7) is 3.15. The van der Waals surface area contributed by atoms with E-state index in [1.165, 1.54) is 6.21 Å². The van der Waals surface area contributed by atoms with Gasteiger partial charge in [-0.05, 0) is 31.5 Å². The number of hydrogen-bond acceptors (Lipinski definition) is 5. The van der Waals surface area contributed by atoms with Crippen LogP contribution >= 0.6 is 15.9 Å². The van der Waals surface area contributed by atoms with Crippen LogP contribution < -0.4 is 15.5 Å². The summed E-state index contributed by atoms with van der Waals surface area (Å²) in [6.07, 6.45) is 1.96. The third-order valence-electron chi connectivity index (χ3n) is 2.89. The van der Waals surface area contributed by atoms with Crippen LogP contribution in [0.4, 0.5) is 0 Å². The topological polar surface area (TPSA) is 117 Å². The molecule has 0 bridgehead atoms. The standard InChI is InChI=1S/C15H18BrN3O5/c1-3-9(2)18-14(22)15(23)19-17-7-10-6-11(16)4-5-12(10)24-8-13(20)21/h4-7,9H,3,8H2,1-2H3,(H,18,22)(H,19,23)(H,20,21)/b17-7-/t9-/m0/s1. The van der Waals surface area contributed by atoms with Gasteiger partial charge in [-0.2, -0.15) is 5.10 Å². The maximum atomic E-state index is 11.6. The number of nitrogens with zero attached hydrogens (tertiary/aromatic N) is 1. The van der Waals surface area contributed by atoms with Crippen molar-refractivity contribution in [3.63, 3.8) is 0 Å². The Morgan fingerprint density at radius 3 is 2.71 bits per heavy atom. The van der Waals surface area contributed by atoms with Crippen LogP contribution in [0.25, 0.3) is 0 Å². The number of carboxylic acids is 1. The molecule has 0 radical (unpaired) electrons. The van der Waals surface area contributed by atoms with Gasteiger partial charge in [0.15, 0.2) is 6.61 Å². The van der Waals surface area contributed by atoms with Gasteiger partial charge in [-0.3, -0.25) is 9.59 Å². The minimum absolute atomic E-state index is 0.117. The van der Waals surface area contributed by atoms with E-state index in [4.69, 9.17) is 9.84 Å². The quantitative estimate of drug-likeness (QED) is 0.362. The summed E-state index contributed by atoms with van der Waals surface area (Å²) in [7, 11) is 0. The third-order valence-corrected chi connectivity index (χ3v) is 3.38. The van der Waals surface area contributed by atoms with E-state index in [9.17, 15) is 14.4 Å². The largest absolute Gasteiger partial charge is 0.481 e. The molecule has 0 saturated carbocycles. The fourth-order valence-corrected chi connectivity index (χ4v) is 1.87. The second-order valence-electron chi connectivity index (χ2n) is 4.85. The van der Waals surface area contributed by atoms with Gasteiger partial charge in [0.1, 0.15) is 5.75 Å². The molecule has 1 rings (SSSR count). The summed E-state index contributed by atoms with van der Waals surface area (Å²) in [5, 5.41) is 14.9. The number of benzene rings is 1. The molecule has 0 aliphatic rings. The first kappa shape index (κ1) is 19.6. The van der Waals surface area contributed by atoms with Crippen molar-refractivity contribution in [1.82, 2.24) is 10.7 Å². The number of hydrogen-bond donors (Lipinski definition) is 3. The molecule has 0 aromatic heterocycles. The normalized spacial score (nSPS) is 11.8. The maximum absolute atomic E-state index is 11.6. The van der Waals surface area contributed by atoms with E-state index in [1.807, 2.05) is 6.92 Å². The molecule has 8 nitrogen and oxygen atoms in total. The molecule has 1 atom stereocenters. The van der Waals surface area contributed by atoms with E-state index in [-0.39, 0.29) is 11.8 Å². The van der Waals surface area contributed by atoms with Crippen molar-refractivity contribution in [3.8, 4) is 5.75 Å². The number of ether oxygens (including phenoxy) is 1. The van der Waals surface area contributed by atoms with Crippen molar-refractivity contribution in [3.05, 3.63) is 28.2 Å². The first-order valence-corrected chi connectivity index (χ1v) is 7.90. The van der Waals surface area contributed by atoms with Crippen molar-refractivity contribution < 1.29 is 24.2 Å². The van der Waals surface area contributed by atoms with Crippen LogP contribution in [0, 0.1) is 0 Å². The lowest BCUT2D eigenvalue weighted by atomic mass is 10.2.